The van der Waals surface area contributed by atoms with Gasteiger partial charge in [0.2, 0.25) is 0 Å². The maximum Gasteiger partial charge on any atom is 0.335 e. The van der Waals surface area contributed by atoms with Crippen molar-refractivity contribution in [1.29, 1.82) is 0 Å². The molecule has 6 nitrogen and oxygen atoms in total. The van der Waals surface area contributed by atoms with E-state index in [1.807, 2.05) is 0 Å². The summed E-state index contributed by atoms with van der Waals surface area (Å²) in [7, 11) is 1.43. The van der Waals surface area contributed by atoms with Gasteiger partial charge in [-0.3, -0.25) is 0 Å². The van der Waals surface area contributed by atoms with Crippen LogP contribution in [0, 0.1) is 5.82 Å². The first-order chi connectivity index (χ1) is 12.5. The average molecular weight is 358 g/mol. The van der Waals surface area contributed by atoms with E-state index in [-0.39, 0.29) is 17.3 Å². The Hall–Kier alpha value is -3.09. The molecule has 1 aliphatic rings. The van der Waals surface area contributed by atoms with Gasteiger partial charge in [-0.1, -0.05) is 12.1 Å². The van der Waals surface area contributed by atoms with Crippen molar-refractivity contribution < 1.29 is 23.8 Å². The molecule has 0 unspecified atom stereocenters. The highest BCUT2D eigenvalue weighted by Gasteiger charge is 2.22. The van der Waals surface area contributed by atoms with Crippen LogP contribution in [0.2, 0.25) is 0 Å². The fraction of sp³-hybridized carbons (Fsp3) is 0.263. The van der Waals surface area contributed by atoms with Crippen LogP contribution in [0.15, 0.2) is 36.4 Å². The molecular formula is C19H19FN2O4. The number of hydrogen-bond donors (Lipinski definition) is 2. The molecule has 7 heteroatoms. The number of hydrogen-bond acceptors (Lipinski definition) is 3. The number of fused-ring (bicyclic) bond motifs is 1. The number of halogens is 1. The highest BCUT2D eigenvalue weighted by atomic mass is 19.1. The number of carbonyl (C=O) groups is 2. The number of nitrogens with zero attached hydrogens (tertiary/aromatic N) is 1. The van der Waals surface area contributed by atoms with Gasteiger partial charge in [0.05, 0.1) is 12.7 Å². The third-order valence-corrected chi connectivity index (χ3v) is 4.42. The number of carbonyl (C=O) groups excluding carboxylic acids is 1. The van der Waals surface area contributed by atoms with Crippen molar-refractivity contribution in [2.45, 2.75) is 19.5 Å². The summed E-state index contributed by atoms with van der Waals surface area (Å²) < 4.78 is 18.9. The molecule has 0 bridgehead atoms. The van der Waals surface area contributed by atoms with Crippen molar-refractivity contribution in [3.63, 3.8) is 0 Å². The Balaban J connectivity index is 1.61. The maximum absolute atomic E-state index is 13.9. The average Bonchev–Trinajstić information content (AvgIpc) is 2.65. The van der Waals surface area contributed by atoms with E-state index in [1.54, 1.807) is 23.1 Å². The number of carboxylic acid groups (broad SMARTS) is 1. The Morgan fingerprint density at radius 2 is 1.96 bits per heavy atom. The molecule has 0 spiro atoms. The van der Waals surface area contributed by atoms with Crippen LogP contribution in [0.5, 0.6) is 5.75 Å². The number of methoxy groups -OCH3 is 1. The van der Waals surface area contributed by atoms with Crippen LogP contribution in [0.1, 0.15) is 27.0 Å². The number of amides is 2. The Labute approximate surface area is 150 Å². The lowest BCUT2D eigenvalue weighted by Crippen LogP contribution is -2.42. The van der Waals surface area contributed by atoms with Crippen molar-refractivity contribution in [3.05, 3.63) is 64.5 Å². The minimum atomic E-state index is -0.989. The molecule has 2 amide bonds. The Bertz CT molecular complexity index is 836. The molecule has 1 heterocycles. The molecule has 0 saturated heterocycles. The summed E-state index contributed by atoms with van der Waals surface area (Å²) in [4.78, 5) is 24.8. The molecule has 3 rings (SSSR count). The number of aromatic carboxylic acids is 1. The summed E-state index contributed by atoms with van der Waals surface area (Å²) in [5.74, 6) is -1.21. The van der Waals surface area contributed by atoms with Crippen molar-refractivity contribution >= 4 is 12.0 Å². The third-order valence-electron chi connectivity index (χ3n) is 4.42. The largest absolute Gasteiger partial charge is 0.494 e. The molecule has 0 saturated carbocycles. The molecule has 0 aromatic heterocycles. The minimum absolute atomic E-state index is 0.199. The molecule has 1 aliphatic heterocycles. The molecule has 136 valence electrons. The first-order valence-corrected chi connectivity index (χ1v) is 8.18. The quantitative estimate of drug-likeness (QED) is 0.881. The molecule has 0 aliphatic carbocycles. The highest BCUT2D eigenvalue weighted by molar-refractivity contribution is 5.87. The van der Waals surface area contributed by atoms with E-state index in [0.29, 0.717) is 26.1 Å². The van der Waals surface area contributed by atoms with Gasteiger partial charge in [-0.2, -0.15) is 0 Å². The van der Waals surface area contributed by atoms with E-state index in [0.717, 1.165) is 16.7 Å². The predicted octanol–water partition coefficient (Wildman–Crippen LogP) is 2.80. The fourth-order valence-electron chi connectivity index (χ4n) is 2.94. The topological polar surface area (TPSA) is 78.9 Å². The number of urea groups is 1. The standard InChI is InChI=1S/C19H19FN2O4/c1-26-17-9-14-6-7-22(11-15(14)8-16(17)20)19(25)21-10-12-2-4-13(5-3-12)18(23)24/h2-5,8-9H,6-7,10-11H2,1H3,(H,21,25)(H,23,24). The molecule has 2 aromatic rings. The number of rotatable bonds is 4. The van der Waals surface area contributed by atoms with Gasteiger partial charge < -0.3 is 20.1 Å². The zero-order chi connectivity index (χ0) is 18.7. The highest BCUT2D eigenvalue weighted by Crippen LogP contribution is 2.26. The van der Waals surface area contributed by atoms with Gasteiger partial charge in [-0.05, 0) is 47.4 Å². The molecule has 0 radical (unpaired) electrons. The number of benzene rings is 2. The van der Waals surface area contributed by atoms with Gasteiger partial charge in [-0.25, -0.2) is 14.0 Å². The summed E-state index contributed by atoms with van der Waals surface area (Å²) in [6.45, 7) is 1.16. The summed E-state index contributed by atoms with van der Waals surface area (Å²) >= 11 is 0. The smallest absolute Gasteiger partial charge is 0.335 e. The third kappa shape index (κ3) is 3.77. The van der Waals surface area contributed by atoms with Crippen molar-refractivity contribution in [3.8, 4) is 5.75 Å². The van der Waals surface area contributed by atoms with Gasteiger partial charge >= 0.3 is 12.0 Å². The van der Waals surface area contributed by atoms with Crippen LogP contribution >= 0.6 is 0 Å². The Kier molecular flexibility index (Phi) is 5.06. The van der Waals surface area contributed by atoms with Crippen LogP contribution in [0.25, 0.3) is 0 Å². The zero-order valence-corrected chi connectivity index (χ0v) is 14.3. The number of ether oxygens (including phenoxy) is 1. The fourth-order valence-corrected chi connectivity index (χ4v) is 2.94. The summed E-state index contributed by atoms with van der Waals surface area (Å²) in [5.41, 5.74) is 2.76. The lowest BCUT2D eigenvalue weighted by molar-refractivity contribution is 0.0697. The normalized spacial score (nSPS) is 13.1. The molecule has 0 fully saturated rings. The number of carboxylic acids is 1. The Morgan fingerprint density at radius 3 is 2.62 bits per heavy atom. The van der Waals surface area contributed by atoms with Gasteiger partial charge in [-0.15, -0.1) is 0 Å². The van der Waals surface area contributed by atoms with Crippen molar-refractivity contribution in [1.82, 2.24) is 10.2 Å². The van der Waals surface area contributed by atoms with Gasteiger partial charge in [0.1, 0.15) is 0 Å². The van der Waals surface area contributed by atoms with Gasteiger partial charge in [0.25, 0.3) is 0 Å². The van der Waals surface area contributed by atoms with Crippen LogP contribution < -0.4 is 10.1 Å². The predicted molar refractivity (Wildman–Crippen MR) is 92.7 cm³/mol. The monoisotopic (exact) mass is 358 g/mol. The van der Waals surface area contributed by atoms with Gasteiger partial charge in [0, 0.05) is 19.6 Å². The SMILES string of the molecule is COc1cc2c(cc1F)CN(C(=O)NCc1ccc(C(=O)O)cc1)CC2. The summed E-state index contributed by atoms with van der Waals surface area (Å²) in [5, 5.41) is 11.7. The van der Waals surface area contributed by atoms with E-state index >= 15 is 0 Å². The van der Waals surface area contributed by atoms with E-state index in [9.17, 15) is 14.0 Å². The maximum atomic E-state index is 13.9. The molecule has 2 aromatic carbocycles. The van der Waals surface area contributed by atoms with E-state index in [4.69, 9.17) is 9.84 Å². The molecule has 0 atom stereocenters. The lowest BCUT2D eigenvalue weighted by Gasteiger charge is -2.29. The first-order valence-electron chi connectivity index (χ1n) is 8.18. The van der Waals surface area contributed by atoms with Crippen LogP contribution in [0.4, 0.5) is 9.18 Å². The second-order valence-electron chi connectivity index (χ2n) is 6.09. The van der Waals surface area contributed by atoms with Gasteiger partial charge in [0.15, 0.2) is 11.6 Å². The van der Waals surface area contributed by atoms with Crippen LogP contribution in [0.3, 0.4) is 0 Å². The second kappa shape index (κ2) is 7.43. The number of nitrogens with one attached hydrogen (secondary N) is 1. The summed E-state index contributed by atoms with van der Waals surface area (Å²) in [6.07, 6.45) is 0.632. The van der Waals surface area contributed by atoms with Crippen LogP contribution in [-0.2, 0) is 19.5 Å². The first kappa shape index (κ1) is 17.7. The molecular weight excluding hydrogens is 339 g/mol. The van der Waals surface area contributed by atoms with E-state index < -0.39 is 11.8 Å². The minimum Gasteiger partial charge on any atom is -0.494 e. The lowest BCUT2D eigenvalue weighted by atomic mass is 9.99. The second-order valence-corrected chi connectivity index (χ2v) is 6.09. The zero-order valence-electron chi connectivity index (χ0n) is 14.3. The Morgan fingerprint density at radius 1 is 1.23 bits per heavy atom. The van der Waals surface area contributed by atoms with Crippen LogP contribution in [-0.4, -0.2) is 35.7 Å². The van der Waals surface area contributed by atoms with Crippen molar-refractivity contribution in [2.75, 3.05) is 13.7 Å². The molecule has 2 N–H and O–H groups in total. The van der Waals surface area contributed by atoms with Crippen molar-refractivity contribution in [2.24, 2.45) is 0 Å². The van der Waals surface area contributed by atoms with E-state index in [2.05, 4.69) is 5.32 Å². The summed E-state index contributed by atoms with van der Waals surface area (Å²) in [6, 6.07) is 9.18. The molecule has 26 heavy (non-hydrogen) atoms. The van der Waals surface area contributed by atoms with E-state index in [1.165, 1.54) is 25.3 Å².